The second kappa shape index (κ2) is 5.89. The van der Waals surface area contributed by atoms with Crippen LogP contribution in [0.5, 0.6) is 0 Å². The number of piperazine rings is 1. The van der Waals surface area contributed by atoms with Gasteiger partial charge in [-0.25, -0.2) is 0 Å². The molecular formula is C11H21N5. The number of hydrogen-bond donors (Lipinski definition) is 1. The molecule has 16 heavy (non-hydrogen) atoms. The van der Waals surface area contributed by atoms with Crippen molar-refractivity contribution in [2.45, 2.75) is 26.3 Å². The number of hydrogen-bond acceptors (Lipinski definition) is 3. The third kappa shape index (κ3) is 2.98. The Bertz CT molecular complexity index is 295. The predicted octanol–water partition coefficient (Wildman–Crippen LogP) is 1.93. The molecule has 0 amide bonds. The van der Waals surface area contributed by atoms with Gasteiger partial charge in [0.15, 0.2) is 0 Å². The van der Waals surface area contributed by atoms with E-state index in [0.29, 0.717) is 6.54 Å². The lowest BCUT2D eigenvalue weighted by Crippen LogP contribution is -2.54. The molecule has 1 aliphatic rings. The maximum atomic E-state index is 8.39. The summed E-state index contributed by atoms with van der Waals surface area (Å²) >= 11 is 0. The smallest absolute Gasteiger partial charge is 0.0487 e. The van der Waals surface area contributed by atoms with Crippen LogP contribution in [0.25, 0.3) is 10.4 Å². The number of nitrogens with one attached hydrogen (secondary N) is 1. The number of allylic oxidation sites excluding steroid dienone is 1. The maximum absolute atomic E-state index is 8.39. The molecule has 0 aromatic carbocycles. The summed E-state index contributed by atoms with van der Waals surface area (Å²) < 4.78 is 0. The molecule has 0 saturated carbocycles. The molecule has 1 saturated heterocycles. The highest BCUT2D eigenvalue weighted by molar-refractivity contribution is 5.19. The molecule has 1 heterocycles. The van der Waals surface area contributed by atoms with Crippen LogP contribution in [0, 0.1) is 0 Å². The zero-order valence-electron chi connectivity index (χ0n) is 10.4. The Morgan fingerprint density at radius 2 is 2.12 bits per heavy atom. The first kappa shape index (κ1) is 13.0. The number of rotatable bonds is 4. The highest BCUT2D eigenvalue weighted by atomic mass is 15.2. The summed E-state index contributed by atoms with van der Waals surface area (Å²) in [7, 11) is 0. The second-order valence-electron chi connectivity index (χ2n) is 4.50. The number of nitrogens with zero attached hydrogens (tertiary/aromatic N) is 4. The molecule has 90 valence electrons. The van der Waals surface area contributed by atoms with Crippen molar-refractivity contribution >= 4 is 0 Å². The van der Waals surface area contributed by atoms with Gasteiger partial charge in [-0.05, 0) is 31.9 Å². The van der Waals surface area contributed by atoms with Crippen molar-refractivity contribution in [3.05, 3.63) is 22.1 Å². The van der Waals surface area contributed by atoms with Gasteiger partial charge in [-0.15, -0.1) is 0 Å². The molecule has 1 fully saturated rings. The molecular weight excluding hydrogens is 202 g/mol. The van der Waals surface area contributed by atoms with Crippen LogP contribution in [0.4, 0.5) is 0 Å². The van der Waals surface area contributed by atoms with Crippen LogP contribution >= 0.6 is 0 Å². The monoisotopic (exact) mass is 223 g/mol. The highest BCUT2D eigenvalue weighted by Gasteiger charge is 2.30. The fourth-order valence-corrected chi connectivity index (χ4v) is 2.17. The van der Waals surface area contributed by atoms with Gasteiger partial charge in [-0.1, -0.05) is 11.2 Å². The molecule has 0 aromatic heterocycles. The van der Waals surface area contributed by atoms with Gasteiger partial charge in [0.1, 0.15) is 0 Å². The minimum Gasteiger partial charge on any atom is -0.314 e. The van der Waals surface area contributed by atoms with Gasteiger partial charge in [-0.3, -0.25) is 4.90 Å². The van der Waals surface area contributed by atoms with Gasteiger partial charge < -0.3 is 5.32 Å². The Morgan fingerprint density at radius 3 is 2.62 bits per heavy atom. The Morgan fingerprint density at radius 1 is 1.50 bits per heavy atom. The van der Waals surface area contributed by atoms with Gasteiger partial charge in [0.25, 0.3) is 0 Å². The van der Waals surface area contributed by atoms with Crippen LogP contribution in [0.15, 0.2) is 16.8 Å². The fraction of sp³-hybridized carbons (Fsp3) is 0.818. The molecule has 0 aromatic rings. The van der Waals surface area contributed by atoms with Gasteiger partial charge in [0.2, 0.25) is 0 Å². The van der Waals surface area contributed by atoms with Crippen molar-refractivity contribution in [3.63, 3.8) is 0 Å². The third-order valence-corrected chi connectivity index (χ3v) is 3.35. The van der Waals surface area contributed by atoms with Crippen LogP contribution in [0.1, 0.15) is 20.8 Å². The molecule has 1 aliphatic heterocycles. The lowest BCUT2D eigenvalue weighted by Gasteiger charge is -2.42. The van der Waals surface area contributed by atoms with E-state index in [1.54, 1.807) is 0 Å². The van der Waals surface area contributed by atoms with Crippen LogP contribution in [0.3, 0.4) is 0 Å². The molecule has 5 heteroatoms. The summed E-state index contributed by atoms with van der Waals surface area (Å²) in [4.78, 5) is 5.27. The first-order valence-corrected chi connectivity index (χ1v) is 5.75. The zero-order chi connectivity index (χ0) is 12.0. The molecule has 0 aliphatic carbocycles. The zero-order valence-corrected chi connectivity index (χ0v) is 10.4. The number of azide groups is 1. The van der Waals surface area contributed by atoms with Gasteiger partial charge >= 0.3 is 0 Å². The van der Waals surface area contributed by atoms with Crippen molar-refractivity contribution < 1.29 is 0 Å². The van der Waals surface area contributed by atoms with Crippen LogP contribution in [-0.2, 0) is 0 Å². The first-order chi connectivity index (χ1) is 7.62. The standard InChI is InChI=1S/C11H21N5/c1-4-10(9-14-15-12)11(2,3)16-7-5-13-6-8-16/h4,13H,5-9H2,1-3H3. The summed E-state index contributed by atoms with van der Waals surface area (Å²) in [6.07, 6.45) is 2.07. The summed E-state index contributed by atoms with van der Waals surface area (Å²) in [5.74, 6) is 0. The van der Waals surface area contributed by atoms with Gasteiger partial charge in [0, 0.05) is 43.2 Å². The summed E-state index contributed by atoms with van der Waals surface area (Å²) in [6.45, 7) is 11.0. The van der Waals surface area contributed by atoms with E-state index in [0.717, 1.165) is 26.2 Å². The molecule has 1 N–H and O–H groups in total. The summed E-state index contributed by atoms with van der Waals surface area (Å²) in [6, 6.07) is 0. The first-order valence-electron chi connectivity index (χ1n) is 5.75. The summed E-state index contributed by atoms with van der Waals surface area (Å²) in [5.41, 5.74) is 9.56. The van der Waals surface area contributed by atoms with E-state index >= 15 is 0 Å². The lowest BCUT2D eigenvalue weighted by molar-refractivity contribution is 0.131. The minimum absolute atomic E-state index is 0.0228. The average Bonchev–Trinajstić information content (AvgIpc) is 2.31. The molecule has 5 nitrogen and oxygen atoms in total. The fourth-order valence-electron chi connectivity index (χ4n) is 2.17. The van der Waals surface area contributed by atoms with Crippen molar-refractivity contribution in [2.24, 2.45) is 5.11 Å². The van der Waals surface area contributed by atoms with E-state index in [1.165, 1.54) is 5.57 Å². The van der Waals surface area contributed by atoms with E-state index in [1.807, 2.05) is 6.92 Å². The highest BCUT2D eigenvalue weighted by Crippen LogP contribution is 2.24. The van der Waals surface area contributed by atoms with Crippen LogP contribution < -0.4 is 5.32 Å². The normalized spacial score (nSPS) is 19.3. The van der Waals surface area contributed by atoms with Crippen molar-refractivity contribution in [1.82, 2.24) is 10.2 Å². The molecule has 0 bridgehead atoms. The van der Waals surface area contributed by atoms with Crippen molar-refractivity contribution in [3.8, 4) is 0 Å². The van der Waals surface area contributed by atoms with E-state index in [-0.39, 0.29) is 5.54 Å². The largest absolute Gasteiger partial charge is 0.314 e. The van der Waals surface area contributed by atoms with E-state index < -0.39 is 0 Å². The van der Waals surface area contributed by atoms with Crippen LogP contribution in [-0.4, -0.2) is 43.2 Å². The molecule has 0 unspecified atom stereocenters. The maximum Gasteiger partial charge on any atom is 0.0487 e. The average molecular weight is 223 g/mol. The lowest BCUT2D eigenvalue weighted by atomic mass is 9.91. The van der Waals surface area contributed by atoms with Crippen molar-refractivity contribution in [1.29, 1.82) is 0 Å². The van der Waals surface area contributed by atoms with Crippen LogP contribution in [0.2, 0.25) is 0 Å². The van der Waals surface area contributed by atoms with Gasteiger partial charge in [0.05, 0.1) is 0 Å². The Balaban J connectivity index is 2.75. The Labute approximate surface area is 97.1 Å². The Kier molecular flexibility index (Phi) is 4.80. The molecule has 1 rings (SSSR count). The molecule has 0 atom stereocenters. The minimum atomic E-state index is -0.0228. The third-order valence-electron chi connectivity index (χ3n) is 3.35. The molecule has 0 radical (unpaired) electrons. The van der Waals surface area contributed by atoms with Crippen molar-refractivity contribution in [2.75, 3.05) is 32.7 Å². The second-order valence-corrected chi connectivity index (χ2v) is 4.50. The SMILES string of the molecule is CC=C(CN=[N+]=[N-])C(C)(C)N1CCNCC1. The Hall–Kier alpha value is -1.03. The van der Waals surface area contributed by atoms with E-state index in [9.17, 15) is 0 Å². The molecule has 0 spiro atoms. The van der Waals surface area contributed by atoms with Gasteiger partial charge in [-0.2, -0.15) is 0 Å². The topological polar surface area (TPSA) is 64.0 Å². The van der Waals surface area contributed by atoms with E-state index in [4.69, 9.17) is 5.53 Å². The predicted molar refractivity (Wildman–Crippen MR) is 66.3 cm³/mol. The quantitative estimate of drug-likeness (QED) is 0.342. The summed E-state index contributed by atoms with van der Waals surface area (Å²) in [5, 5.41) is 7.02. The van der Waals surface area contributed by atoms with E-state index in [2.05, 4.69) is 40.2 Å².